The van der Waals surface area contributed by atoms with Crippen molar-refractivity contribution in [1.82, 2.24) is 0 Å². The third kappa shape index (κ3) is 5.50. The topological polar surface area (TPSA) is 3.24 Å². The Morgan fingerprint density at radius 3 is 1.45 bits per heavy atom. The van der Waals surface area contributed by atoms with Gasteiger partial charge in [0, 0.05) is 15.2 Å². The van der Waals surface area contributed by atoms with Crippen molar-refractivity contribution in [2.24, 2.45) is 0 Å². The van der Waals surface area contributed by atoms with E-state index in [2.05, 4.69) is 114 Å². The highest BCUT2D eigenvalue weighted by molar-refractivity contribution is 8.00. The number of rotatable bonds is 4. The second kappa shape index (κ2) is 14.2. The lowest BCUT2D eigenvalue weighted by atomic mass is 9.68. The minimum absolute atomic E-state index is 0.370. The van der Waals surface area contributed by atoms with Crippen molar-refractivity contribution in [3.8, 4) is 33.4 Å². The number of anilines is 3. The van der Waals surface area contributed by atoms with Gasteiger partial charge in [-0.3, -0.25) is 0 Å². The summed E-state index contributed by atoms with van der Waals surface area (Å²) in [6.07, 6.45) is 0. The molecule has 11 rings (SSSR count). The lowest BCUT2D eigenvalue weighted by molar-refractivity contribution is 1.22. The van der Waals surface area contributed by atoms with E-state index >= 15 is 0 Å². The summed E-state index contributed by atoms with van der Waals surface area (Å²) in [6, 6.07) is 56.1. The maximum Gasteiger partial charge on any atom is 0.116 e. The number of hydrogen-bond acceptors (Lipinski definition) is 2. The van der Waals surface area contributed by atoms with Gasteiger partial charge in [0.1, 0.15) is 47.1 Å². The second-order valence-electron chi connectivity index (χ2n) is 15.3. The molecule has 8 heteroatoms. The quantitative estimate of drug-likeness (QED) is 0.132. The SMILES string of the molecule is [B]c1c([B])c2c(c([B])c1-c1cccc(-c3ccccc3)c1)Sc1c([B])c(-c3cc4ccccc4c4ccccc34)c([B])c([B])c1N2c1cc2ccccc2c2ccccc12. The van der Waals surface area contributed by atoms with Crippen LogP contribution in [0.15, 0.2) is 174 Å². The van der Waals surface area contributed by atoms with Crippen molar-refractivity contribution < 1.29 is 0 Å². The first-order valence-corrected chi connectivity index (χ1v) is 20.6. The first-order chi connectivity index (χ1) is 29.3. The van der Waals surface area contributed by atoms with Crippen LogP contribution in [0.25, 0.3) is 76.5 Å². The normalized spacial score (nSPS) is 12.3. The van der Waals surface area contributed by atoms with Crippen molar-refractivity contribution in [3.63, 3.8) is 0 Å². The summed E-state index contributed by atoms with van der Waals surface area (Å²) in [4.78, 5) is 3.53. The smallest absolute Gasteiger partial charge is 0.116 e. The molecule has 1 nitrogen and oxygen atoms in total. The summed E-state index contributed by atoms with van der Waals surface area (Å²) < 4.78 is 0. The van der Waals surface area contributed by atoms with E-state index in [1.807, 2.05) is 54.6 Å². The summed E-state index contributed by atoms with van der Waals surface area (Å²) in [7, 11) is 44.1. The lowest BCUT2D eigenvalue weighted by Gasteiger charge is -2.41. The average molecular weight is 763 g/mol. The number of nitrogens with zero attached hydrogens (tertiary/aromatic N) is 1. The molecule has 0 atom stereocenters. The van der Waals surface area contributed by atoms with Gasteiger partial charge in [-0.15, -0.1) is 0 Å². The Bertz CT molecular complexity index is 3440. The molecule has 1 heterocycles. The van der Waals surface area contributed by atoms with Gasteiger partial charge in [-0.2, -0.15) is 0 Å². The Kier molecular flexibility index (Phi) is 8.72. The Labute approximate surface area is 361 Å². The molecule has 0 unspecified atom stereocenters. The van der Waals surface area contributed by atoms with Gasteiger partial charge in [-0.25, -0.2) is 0 Å². The first kappa shape index (κ1) is 36.8. The van der Waals surface area contributed by atoms with Crippen molar-refractivity contribution in [2.45, 2.75) is 9.79 Å². The molecule has 0 aliphatic carbocycles. The van der Waals surface area contributed by atoms with E-state index in [4.69, 9.17) is 47.1 Å². The average Bonchev–Trinajstić information content (AvgIpc) is 3.29. The largest absolute Gasteiger partial charge is 0.309 e. The zero-order valence-electron chi connectivity index (χ0n) is 32.4. The van der Waals surface area contributed by atoms with Crippen LogP contribution in [0.2, 0.25) is 0 Å². The third-order valence-corrected chi connectivity index (χ3v) is 13.3. The highest BCUT2D eigenvalue weighted by Crippen LogP contribution is 2.52. The number of benzene rings is 10. The van der Waals surface area contributed by atoms with Gasteiger partial charge in [0.2, 0.25) is 0 Å². The van der Waals surface area contributed by atoms with Crippen LogP contribution in [0.1, 0.15) is 0 Å². The molecule has 12 radical (unpaired) electrons. The van der Waals surface area contributed by atoms with Gasteiger partial charge in [-0.05, 0) is 89.3 Å². The fourth-order valence-electron chi connectivity index (χ4n) is 9.21. The summed E-state index contributed by atoms with van der Waals surface area (Å²) in [5, 5.41) is 8.54. The van der Waals surface area contributed by atoms with Crippen molar-refractivity contribution in [2.75, 3.05) is 4.90 Å². The van der Waals surface area contributed by atoms with E-state index in [-0.39, 0.29) is 0 Å². The molecule has 0 N–H and O–H groups in total. The number of fused-ring (bicyclic) bond motifs is 8. The monoisotopic (exact) mass is 763 g/mol. The Hall–Kier alpha value is -6.22. The Balaban J connectivity index is 1.24. The molecule has 60 heavy (non-hydrogen) atoms. The fourth-order valence-corrected chi connectivity index (χ4v) is 10.4. The highest BCUT2D eigenvalue weighted by atomic mass is 32.2. The van der Waals surface area contributed by atoms with Gasteiger partial charge < -0.3 is 4.90 Å². The summed E-state index contributed by atoms with van der Waals surface area (Å²) >= 11 is 1.45. The predicted molar refractivity (Wildman–Crippen MR) is 264 cm³/mol. The second-order valence-corrected chi connectivity index (χ2v) is 16.3. The van der Waals surface area contributed by atoms with Crippen LogP contribution in [0.3, 0.4) is 0 Å². The molecule has 10 aromatic rings. The summed E-state index contributed by atoms with van der Waals surface area (Å²) in [5.41, 5.74) is 9.74. The molecule has 264 valence electrons. The molecule has 0 fully saturated rings. The van der Waals surface area contributed by atoms with Crippen LogP contribution in [0, 0.1) is 0 Å². The van der Waals surface area contributed by atoms with E-state index in [0.29, 0.717) is 55.3 Å². The zero-order valence-corrected chi connectivity index (χ0v) is 33.2. The van der Waals surface area contributed by atoms with Gasteiger partial charge in [0.15, 0.2) is 0 Å². The number of hydrogen-bond donors (Lipinski definition) is 0. The van der Waals surface area contributed by atoms with Gasteiger partial charge >= 0.3 is 0 Å². The first-order valence-electron chi connectivity index (χ1n) is 19.8. The molecular formula is C52H27B6NS. The Morgan fingerprint density at radius 1 is 0.333 bits per heavy atom. The summed E-state index contributed by atoms with van der Waals surface area (Å²) in [6.45, 7) is 0. The zero-order chi connectivity index (χ0) is 40.8. The van der Waals surface area contributed by atoms with Crippen LogP contribution >= 0.6 is 11.8 Å². The van der Waals surface area contributed by atoms with Crippen LogP contribution < -0.4 is 37.7 Å². The molecule has 0 saturated carbocycles. The third-order valence-electron chi connectivity index (χ3n) is 12.0. The fraction of sp³-hybridized carbons (Fsp3) is 0. The van der Waals surface area contributed by atoms with E-state index in [0.717, 1.165) is 80.8 Å². The van der Waals surface area contributed by atoms with Crippen LogP contribution in [0.4, 0.5) is 17.1 Å². The van der Waals surface area contributed by atoms with Crippen LogP contribution in [-0.2, 0) is 0 Å². The molecule has 0 bridgehead atoms. The van der Waals surface area contributed by atoms with Crippen LogP contribution in [-0.4, -0.2) is 47.1 Å². The molecule has 1 aliphatic rings. The Morgan fingerprint density at radius 2 is 0.800 bits per heavy atom. The molecule has 0 spiro atoms. The maximum atomic E-state index is 7.51. The molecule has 1 aliphatic heterocycles. The van der Waals surface area contributed by atoms with Crippen molar-refractivity contribution in [3.05, 3.63) is 164 Å². The minimum atomic E-state index is 0.370. The molecular weight excluding hydrogens is 736 g/mol. The lowest BCUT2D eigenvalue weighted by Crippen LogP contribution is -2.44. The molecule has 0 aromatic heterocycles. The molecule has 10 aromatic carbocycles. The highest BCUT2D eigenvalue weighted by Gasteiger charge is 2.34. The van der Waals surface area contributed by atoms with E-state index in [1.165, 1.54) is 11.8 Å². The molecule has 0 amide bonds. The summed E-state index contributed by atoms with van der Waals surface area (Å²) in [5.74, 6) is 0. The van der Waals surface area contributed by atoms with Crippen molar-refractivity contribution >= 4 is 152 Å². The molecule has 0 saturated heterocycles. The van der Waals surface area contributed by atoms with E-state index in [9.17, 15) is 0 Å². The van der Waals surface area contributed by atoms with Gasteiger partial charge in [-0.1, -0.05) is 190 Å². The maximum absolute atomic E-state index is 7.51. The van der Waals surface area contributed by atoms with E-state index in [1.54, 1.807) is 0 Å². The standard InChI is InChI=1S/C52H27B6NS/c53-43-41(32-18-12-17-29(25-32)28-13-2-1-3-14-28)45(55)51-49(47(43)57)59(40-27-31-16-5-7-20-34(31)36-22-10-11-24-38(36)40)50-48(58)44(54)42(46(56)52(50)60-51)39-26-30-15-4-6-19-33(30)35-21-8-9-23-37(35)39/h1-27H. The van der Waals surface area contributed by atoms with Crippen molar-refractivity contribution in [1.29, 1.82) is 0 Å². The minimum Gasteiger partial charge on any atom is -0.309 e. The van der Waals surface area contributed by atoms with Gasteiger partial charge in [0.25, 0.3) is 0 Å². The van der Waals surface area contributed by atoms with E-state index < -0.39 is 0 Å². The predicted octanol–water partition coefficient (Wildman–Crippen LogP) is 8.00. The van der Waals surface area contributed by atoms with Gasteiger partial charge in [0.05, 0.1) is 17.1 Å². The van der Waals surface area contributed by atoms with Crippen LogP contribution in [0.5, 0.6) is 0 Å².